The van der Waals surface area contributed by atoms with Gasteiger partial charge in [0.1, 0.15) is 0 Å². The molecular formula is C17H14N6O. The second-order valence-corrected chi connectivity index (χ2v) is 5.94. The zero-order chi connectivity index (χ0) is 16.5. The van der Waals surface area contributed by atoms with Crippen molar-refractivity contribution in [1.82, 2.24) is 9.55 Å². The molecule has 1 aromatic heterocycles. The number of hydrogen-bond donors (Lipinski definition) is 2. The molecule has 1 amide bonds. The molecule has 0 radical (unpaired) electrons. The van der Waals surface area contributed by atoms with Gasteiger partial charge in [-0.05, 0) is 18.2 Å². The van der Waals surface area contributed by atoms with Crippen LogP contribution >= 0.6 is 0 Å². The minimum Gasteiger partial charge on any atom is -0.370 e. The van der Waals surface area contributed by atoms with E-state index >= 15 is 0 Å². The third kappa shape index (κ3) is 1.35. The molecule has 0 saturated heterocycles. The van der Waals surface area contributed by atoms with Gasteiger partial charge < -0.3 is 10.6 Å². The van der Waals surface area contributed by atoms with Gasteiger partial charge in [0.2, 0.25) is 11.6 Å². The van der Waals surface area contributed by atoms with Crippen molar-refractivity contribution < 1.29 is 4.79 Å². The predicted molar refractivity (Wildman–Crippen MR) is 91.9 cm³/mol. The van der Waals surface area contributed by atoms with Gasteiger partial charge in [0.05, 0.1) is 16.7 Å². The van der Waals surface area contributed by atoms with Crippen molar-refractivity contribution in [3.63, 3.8) is 0 Å². The number of imidazole rings is 1. The largest absolute Gasteiger partial charge is 0.370 e. The quantitative estimate of drug-likeness (QED) is 0.657. The molecule has 3 heterocycles. The highest BCUT2D eigenvalue weighted by atomic mass is 16.2. The van der Waals surface area contributed by atoms with Crippen LogP contribution in [0.4, 0.5) is 11.6 Å². The fourth-order valence-corrected chi connectivity index (χ4v) is 3.65. The molecule has 2 aromatic carbocycles. The minimum absolute atomic E-state index is 0.155. The third-order valence-electron chi connectivity index (χ3n) is 4.65. The number of aromatic nitrogens is 2. The van der Waals surface area contributed by atoms with Crippen LogP contribution in [0.25, 0.3) is 11.0 Å². The van der Waals surface area contributed by atoms with Crippen LogP contribution < -0.4 is 16.0 Å². The number of guanidine groups is 1. The monoisotopic (exact) mass is 318 g/mol. The number of aliphatic imine (C=N–C) groups is 1. The average Bonchev–Trinajstić information content (AvgIpc) is 3.06. The van der Waals surface area contributed by atoms with Crippen molar-refractivity contribution in [3.8, 4) is 0 Å². The Morgan fingerprint density at radius 3 is 2.75 bits per heavy atom. The Balaban J connectivity index is 1.96. The summed E-state index contributed by atoms with van der Waals surface area (Å²) < 4.78 is 1.84. The Kier molecular flexibility index (Phi) is 2.26. The topological polar surface area (TPSA) is 88.5 Å². The predicted octanol–water partition coefficient (Wildman–Crippen LogP) is 1.45. The van der Waals surface area contributed by atoms with Gasteiger partial charge in [0.15, 0.2) is 5.96 Å². The van der Waals surface area contributed by atoms with E-state index in [0.717, 1.165) is 22.3 Å². The molecule has 2 aliphatic rings. The number of benzene rings is 2. The second kappa shape index (κ2) is 4.14. The molecule has 0 saturated carbocycles. The summed E-state index contributed by atoms with van der Waals surface area (Å²) in [5, 5.41) is 2.98. The summed E-state index contributed by atoms with van der Waals surface area (Å²) in [6.07, 6.45) is 0. The molecule has 118 valence electrons. The van der Waals surface area contributed by atoms with Crippen molar-refractivity contribution in [2.75, 3.05) is 17.3 Å². The number of para-hydroxylation sites is 3. The van der Waals surface area contributed by atoms with Crippen LogP contribution in [0.3, 0.4) is 0 Å². The number of nitrogens with one attached hydrogen (secondary N) is 1. The Hall–Kier alpha value is -3.35. The summed E-state index contributed by atoms with van der Waals surface area (Å²) in [6, 6.07) is 15.3. The number of likely N-dealkylation sites (N-methyl/N-ethyl adjacent to an activating group) is 1. The Bertz CT molecular complexity index is 1050. The lowest BCUT2D eigenvalue weighted by Gasteiger charge is -2.31. The standard InChI is InChI=1S/C17H14N6O/c1-22-12-8-4-2-6-10(12)17(14(22)24)21-15(18)20-16-19-11-7-3-5-9-13(11)23(16)17/h2-9H,1H3,(H3,18,19,20,21)/t17-/m0/s1. The second-order valence-electron chi connectivity index (χ2n) is 5.94. The van der Waals surface area contributed by atoms with E-state index < -0.39 is 5.66 Å². The van der Waals surface area contributed by atoms with E-state index in [4.69, 9.17) is 5.73 Å². The first-order valence-corrected chi connectivity index (χ1v) is 7.61. The number of carbonyl (C=O) groups excluding carboxylic acids is 1. The van der Waals surface area contributed by atoms with E-state index in [1.54, 1.807) is 11.9 Å². The normalized spacial score (nSPS) is 21.6. The zero-order valence-corrected chi connectivity index (χ0v) is 12.9. The molecule has 0 bridgehead atoms. The first-order valence-electron chi connectivity index (χ1n) is 7.61. The van der Waals surface area contributed by atoms with Crippen LogP contribution in [0, 0.1) is 0 Å². The number of nitrogens with zero attached hydrogens (tertiary/aromatic N) is 4. The number of fused-ring (bicyclic) bond motifs is 6. The SMILES string of the molecule is CN1C(=O)[C@]2(N=C(N)Nc3nc4ccccc4n32)c2ccccc21. The highest BCUT2D eigenvalue weighted by molar-refractivity contribution is 6.11. The zero-order valence-electron chi connectivity index (χ0n) is 12.9. The van der Waals surface area contributed by atoms with E-state index in [9.17, 15) is 4.79 Å². The molecule has 0 fully saturated rings. The van der Waals surface area contributed by atoms with Gasteiger partial charge in [-0.15, -0.1) is 0 Å². The van der Waals surface area contributed by atoms with Crippen LogP contribution in [0.2, 0.25) is 0 Å². The summed E-state index contributed by atoms with van der Waals surface area (Å²) in [5.74, 6) is 0.538. The number of hydrogen-bond acceptors (Lipinski definition) is 5. The molecule has 0 unspecified atom stereocenters. The third-order valence-corrected chi connectivity index (χ3v) is 4.65. The lowest BCUT2D eigenvalue weighted by molar-refractivity contribution is -0.123. The maximum atomic E-state index is 13.3. The van der Waals surface area contributed by atoms with Gasteiger partial charge in [-0.25, -0.2) is 9.98 Å². The number of carbonyl (C=O) groups is 1. The average molecular weight is 318 g/mol. The molecule has 3 N–H and O–H groups in total. The minimum atomic E-state index is -1.26. The van der Waals surface area contributed by atoms with Gasteiger partial charge in [-0.2, -0.15) is 0 Å². The highest BCUT2D eigenvalue weighted by Gasteiger charge is 2.55. The summed E-state index contributed by atoms with van der Waals surface area (Å²) >= 11 is 0. The molecule has 5 rings (SSSR count). The number of nitrogens with two attached hydrogens (primary N) is 1. The Morgan fingerprint density at radius 1 is 1.12 bits per heavy atom. The van der Waals surface area contributed by atoms with Gasteiger partial charge in [0.25, 0.3) is 5.91 Å². The van der Waals surface area contributed by atoms with Crippen LogP contribution in [0.5, 0.6) is 0 Å². The van der Waals surface area contributed by atoms with Crippen molar-refractivity contribution >= 4 is 34.5 Å². The van der Waals surface area contributed by atoms with E-state index in [1.807, 2.05) is 53.1 Å². The number of rotatable bonds is 0. The Labute approximate surface area is 137 Å². The summed E-state index contributed by atoms with van der Waals surface area (Å²) in [4.78, 5) is 24.0. The van der Waals surface area contributed by atoms with Crippen molar-refractivity contribution in [3.05, 3.63) is 54.1 Å². The summed E-state index contributed by atoms with van der Waals surface area (Å²) in [6.45, 7) is 0. The highest BCUT2D eigenvalue weighted by Crippen LogP contribution is 2.47. The van der Waals surface area contributed by atoms with Crippen LogP contribution in [0.1, 0.15) is 5.56 Å². The number of anilines is 2. The molecule has 7 nitrogen and oxygen atoms in total. The Morgan fingerprint density at radius 2 is 1.88 bits per heavy atom. The number of amides is 1. The van der Waals surface area contributed by atoms with Gasteiger partial charge in [-0.1, -0.05) is 30.3 Å². The van der Waals surface area contributed by atoms with E-state index in [1.165, 1.54) is 0 Å². The molecule has 3 aromatic rings. The first-order chi connectivity index (χ1) is 11.6. The van der Waals surface area contributed by atoms with E-state index in [0.29, 0.717) is 5.95 Å². The van der Waals surface area contributed by atoms with Crippen molar-refractivity contribution in [2.45, 2.75) is 5.66 Å². The van der Waals surface area contributed by atoms with Crippen LogP contribution in [-0.4, -0.2) is 28.5 Å². The maximum Gasteiger partial charge on any atom is 0.281 e. The van der Waals surface area contributed by atoms with E-state index in [-0.39, 0.29) is 11.9 Å². The van der Waals surface area contributed by atoms with Crippen molar-refractivity contribution in [1.29, 1.82) is 0 Å². The van der Waals surface area contributed by atoms with Crippen LogP contribution in [0.15, 0.2) is 53.5 Å². The molecular weight excluding hydrogens is 304 g/mol. The maximum absolute atomic E-state index is 13.3. The van der Waals surface area contributed by atoms with Gasteiger partial charge in [0, 0.05) is 12.6 Å². The van der Waals surface area contributed by atoms with Gasteiger partial charge in [-0.3, -0.25) is 14.7 Å². The fraction of sp³-hybridized carbons (Fsp3) is 0.118. The van der Waals surface area contributed by atoms with Crippen molar-refractivity contribution in [2.24, 2.45) is 10.7 Å². The van der Waals surface area contributed by atoms with Gasteiger partial charge >= 0.3 is 0 Å². The molecule has 24 heavy (non-hydrogen) atoms. The summed E-state index contributed by atoms with van der Waals surface area (Å²) in [7, 11) is 1.75. The lowest BCUT2D eigenvalue weighted by atomic mass is 10.00. The first kappa shape index (κ1) is 13.1. The molecule has 1 spiro atoms. The molecule has 7 heteroatoms. The fourth-order valence-electron chi connectivity index (χ4n) is 3.65. The summed E-state index contributed by atoms with van der Waals surface area (Å²) in [5.41, 5.74) is 7.98. The smallest absolute Gasteiger partial charge is 0.281 e. The lowest BCUT2D eigenvalue weighted by Crippen LogP contribution is -2.49. The molecule has 1 atom stereocenters. The molecule has 0 aliphatic carbocycles. The van der Waals surface area contributed by atoms with E-state index in [2.05, 4.69) is 15.3 Å². The van der Waals surface area contributed by atoms with Crippen LogP contribution in [-0.2, 0) is 10.5 Å². The molecule has 2 aliphatic heterocycles.